The van der Waals surface area contributed by atoms with E-state index in [9.17, 15) is 4.79 Å². The van der Waals surface area contributed by atoms with Gasteiger partial charge in [0, 0.05) is 13.8 Å². The molecule has 6 heteroatoms. The molecule has 0 unspecified atom stereocenters. The number of para-hydroxylation sites is 1. The van der Waals surface area contributed by atoms with Crippen LogP contribution in [0.5, 0.6) is 0 Å². The number of piperidine rings is 1. The van der Waals surface area contributed by atoms with Gasteiger partial charge in [0.05, 0.1) is 0 Å². The van der Waals surface area contributed by atoms with Gasteiger partial charge in [-0.25, -0.2) is 0 Å². The molecule has 1 aliphatic heterocycles. The molecule has 1 amide bonds. The minimum atomic E-state index is -0.833. The van der Waals surface area contributed by atoms with Crippen molar-refractivity contribution in [3.63, 3.8) is 0 Å². The monoisotopic (exact) mass is 384 g/mol. The van der Waals surface area contributed by atoms with Gasteiger partial charge in [0.15, 0.2) is 0 Å². The number of hydrogen-bond acceptors (Lipinski definition) is 2. The molecule has 1 fully saturated rings. The Labute approximate surface area is 140 Å². The van der Waals surface area contributed by atoms with Gasteiger partial charge in [0.2, 0.25) is 5.91 Å². The normalized spacial score (nSPS) is 12.3. The van der Waals surface area contributed by atoms with Crippen LogP contribution in [-0.2, 0) is 30.0 Å². The first-order valence-electron chi connectivity index (χ1n) is 6.59. The van der Waals surface area contributed by atoms with Crippen molar-refractivity contribution >= 4 is 17.6 Å². The van der Waals surface area contributed by atoms with Crippen molar-refractivity contribution in [2.75, 3.05) is 18.4 Å². The Morgan fingerprint density at radius 2 is 1.76 bits per heavy atom. The summed E-state index contributed by atoms with van der Waals surface area (Å²) in [5, 5.41) is 14.2. The zero-order chi connectivity index (χ0) is 15.2. The fourth-order valence-corrected chi connectivity index (χ4v) is 1.40. The molecule has 0 atom stereocenters. The summed E-state index contributed by atoms with van der Waals surface area (Å²) in [6, 6.07) is 10.1. The van der Waals surface area contributed by atoms with Gasteiger partial charge in [-0.15, -0.1) is 19.2 Å². The number of nitrogens with zero attached hydrogens (tertiary/aromatic N) is 1. The van der Waals surface area contributed by atoms with Crippen LogP contribution < -0.4 is 5.32 Å². The third-order valence-electron chi connectivity index (χ3n) is 2.15. The van der Waals surface area contributed by atoms with E-state index in [4.69, 9.17) is 9.90 Å². The summed E-state index contributed by atoms with van der Waals surface area (Å²) in [4.78, 5) is 19.5. The first kappa shape index (κ1) is 22.1. The molecule has 1 aliphatic rings. The number of aliphatic carboxylic acids is 1. The maximum atomic E-state index is 10.5. The van der Waals surface area contributed by atoms with Crippen LogP contribution in [0.25, 0.3) is 5.32 Å². The average molecular weight is 385 g/mol. The molecule has 1 aromatic rings. The molecule has 1 aromatic carbocycles. The zero-order valence-electron chi connectivity index (χ0n) is 12.4. The summed E-state index contributed by atoms with van der Waals surface area (Å²) >= 11 is 0. The van der Waals surface area contributed by atoms with Crippen molar-refractivity contribution in [3.8, 4) is 0 Å². The van der Waals surface area contributed by atoms with Gasteiger partial charge in [-0.05, 0) is 0 Å². The van der Waals surface area contributed by atoms with Crippen LogP contribution in [0, 0.1) is 6.07 Å². The molecule has 21 heavy (non-hydrogen) atoms. The SMILES string of the molecule is C1CC[N-]CC1.CC(=O)Nc1[c-]cccc1.CC(=O)O.[Pd+2]. The van der Waals surface area contributed by atoms with Crippen molar-refractivity contribution in [1.29, 1.82) is 0 Å². The van der Waals surface area contributed by atoms with Crippen molar-refractivity contribution in [2.24, 2.45) is 0 Å². The molecule has 2 rings (SSSR count). The second-order valence-corrected chi connectivity index (χ2v) is 4.21. The number of carboxylic acids is 1. The third kappa shape index (κ3) is 18.8. The minimum absolute atomic E-state index is 0. The van der Waals surface area contributed by atoms with Crippen molar-refractivity contribution in [1.82, 2.24) is 0 Å². The Morgan fingerprint density at radius 3 is 2.05 bits per heavy atom. The Balaban J connectivity index is 0. The van der Waals surface area contributed by atoms with Crippen LogP contribution in [0.4, 0.5) is 5.69 Å². The van der Waals surface area contributed by atoms with Crippen LogP contribution in [0.2, 0.25) is 0 Å². The molecule has 120 valence electrons. The second kappa shape index (κ2) is 15.2. The van der Waals surface area contributed by atoms with E-state index in [1.165, 1.54) is 26.2 Å². The minimum Gasteiger partial charge on any atom is -0.662 e. The van der Waals surface area contributed by atoms with Gasteiger partial charge in [-0.2, -0.15) is 24.3 Å². The van der Waals surface area contributed by atoms with E-state index in [1.54, 1.807) is 12.1 Å². The number of nitrogens with one attached hydrogen (secondary N) is 1. The number of carbonyl (C=O) groups is 2. The van der Waals surface area contributed by atoms with Gasteiger partial charge in [-0.3, -0.25) is 9.59 Å². The molecule has 0 radical (unpaired) electrons. The van der Waals surface area contributed by atoms with E-state index in [0.29, 0.717) is 0 Å². The van der Waals surface area contributed by atoms with Crippen molar-refractivity contribution in [2.45, 2.75) is 33.1 Å². The fourth-order valence-electron chi connectivity index (χ4n) is 1.40. The van der Waals surface area contributed by atoms with E-state index in [0.717, 1.165) is 25.7 Å². The smallest absolute Gasteiger partial charge is 0.662 e. The second-order valence-electron chi connectivity index (χ2n) is 4.21. The first-order valence-corrected chi connectivity index (χ1v) is 6.59. The van der Waals surface area contributed by atoms with Crippen LogP contribution in [0.1, 0.15) is 33.1 Å². The topological polar surface area (TPSA) is 80.5 Å². The quantitative estimate of drug-likeness (QED) is 0.576. The molecule has 0 aliphatic carbocycles. The van der Waals surface area contributed by atoms with Crippen molar-refractivity contribution < 1.29 is 35.1 Å². The van der Waals surface area contributed by atoms with Gasteiger partial charge in [0.1, 0.15) is 0 Å². The Morgan fingerprint density at radius 1 is 1.19 bits per heavy atom. The maximum Gasteiger partial charge on any atom is 2.00 e. The summed E-state index contributed by atoms with van der Waals surface area (Å²) in [6.07, 6.45) is 4.07. The largest absolute Gasteiger partial charge is 2.00 e. The number of hydrogen-bond donors (Lipinski definition) is 2. The number of carboxylic acid groups (broad SMARTS) is 1. The van der Waals surface area contributed by atoms with E-state index in [-0.39, 0.29) is 26.3 Å². The predicted molar refractivity (Wildman–Crippen MR) is 79.8 cm³/mol. The molecule has 0 aromatic heterocycles. The van der Waals surface area contributed by atoms with Crippen LogP contribution in [-0.4, -0.2) is 30.1 Å². The number of amides is 1. The molecular formula is C15H22N2O3Pd. The van der Waals surface area contributed by atoms with E-state index in [1.807, 2.05) is 12.1 Å². The Hall–Kier alpha value is -1.22. The van der Waals surface area contributed by atoms with E-state index in [2.05, 4.69) is 16.7 Å². The van der Waals surface area contributed by atoms with Gasteiger partial charge < -0.3 is 15.7 Å². The predicted octanol–water partition coefficient (Wildman–Crippen LogP) is 3.08. The summed E-state index contributed by atoms with van der Waals surface area (Å²) in [7, 11) is 0. The number of benzene rings is 1. The first-order chi connectivity index (χ1) is 9.52. The number of anilines is 1. The van der Waals surface area contributed by atoms with Crippen LogP contribution >= 0.6 is 0 Å². The number of carbonyl (C=O) groups excluding carboxylic acids is 1. The van der Waals surface area contributed by atoms with Gasteiger partial charge in [0.25, 0.3) is 5.97 Å². The molecule has 0 spiro atoms. The van der Waals surface area contributed by atoms with E-state index >= 15 is 0 Å². The summed E-state index contributed by atoms with van der Waals surface area (Å²) in [5.41, 5.74) is 0.718. The van der Waals surface area contributed by atoms with Crippen LogP contribution in [0.3, 0.4) is 0 Å². The number of rotatable bonds is 1. The molecular weight excluding hydrogens is 363 g/mol. The molecule has 0 saturated carbocycles. The maximum absolute atomic E-state index is 10.5. The molecule has 0 bridgehead atoms. The molecule has 5 nitrogen and oxygen atoms in total. The van der Waals surface area contributed by atoms with Gasteiger partial charge in [-0.1, -0.05) is 24.9 Å². The summed E-state index contributed by atoms with van der Waals surface area (Å²) < 4.78 is 0. The average Bonchev–Trinajstić information content (AvgIpc) is 2.41. The third-order valence-corrected chi connectivity index (χ3v) is 2.15. The van der Waals surface area contributed by atoms with E-state index < -0.39 is 5.97 Å². The zero-order valence-corrected chi connectivity index (χ0v) is 13.9. The Bertz CT molecular complexity index is 366. The molecule has 1 saturated heterocycles. The molecule has 2 N–H and O–H groups in total. The summed E-state index contributed by atoms with van der Waals surface area (Å²) in [6.45, 7) is 4.81. The van der Waals surface area contributed by atoms with Gasteiger partial charge >= 0.3 is 20.4 Å². The standard InChI is InChI=1S/C8H8NO.C5H10N.C2H4O2.Pd/c1-7(10)9-8-5-3-2-4-6-8;1-2-4-6-5-3-1;1-2(3)4;/h2-5H,1H3,(H,9,10);1-5H2;1H3,(H,3,4);/q2*-1;;+2. The van der Waals surface area contributed by atoms with Crippen LogP contribution in [0.15, 0.2) is 24.3 Å². The Kier molecular flexibility index (Phi) is 15.9. The molecule has 1 heterocycles. The van der Waals surface area contributed by atoms with Crippen molar-refractivity contribution in [3.05, 3.63) is 35.6 Å². The fraction of sp³-hybridized carbons (Fsp3) is 0.467. The summed E-state index contributed by atoms with van der Waals surface area (Å²) in [5.74, 6) is -0.901.